The molecule has 1 aliphatic heterocycles. The van der Waals surface area contributed by atoms with E-state index in [9.17, 15) is 0 Å². The number of benzene rings is 9. The van der Waals surface area contributed by atoms with E-state index in [-0.39, 0.29) is 0 Å². The number of para-hydroxylation sites is 2. The van der Waals surface area contributed by atoms with E-state index in [1.807, 2.05) is 18.5 Å². The fourth-order valence-electron chi connectivity index (χ4n) is 11.9. The van der Waals surface area contributed by atoms with Crippen molar-refractivity contribution in [2.24, 2.45) is 0 Å². The summed E-state index contributed by atoms with van der Waals surface area (Å²) >= 11 is 0. The van der Waals surface area contributed by atoms with E-state index in [0.717, 1.165) is 55.7 Å². The van der Waals surface area contributed by atoms with Crippen LogP contribution in [-0.2, 0) is 0 Å². The maximum atomic E-state index is 7.37. The van der Waals surface area contributed by atoms with E-state index in [0.29, 0.717) is 0 Å². The van der Waals surface area contributed by atoms with Crippen LogP contribution in [0.25, 0.3) is 54.9 Å². The summed E-state index contributed by atoms with van der Waals surface area (Å²) in [6, 6.07) is 87.4. The molecule has 0 aliphatic carbocycles. The van der Waals surface area contributed by atoms with E-state index < -0.39 is 16.1 Å². The van der Waals surface area contributed by atoms with Gasteiger partial charge < -0.3 is 4.74 Å². The largest absolute Gasteiger partial charge is 0.455 e. The molecular formula is C62H42N4OSi2. The van der Waals surface area contributed by atoms with Crippen molar-refractivity contribution >= 4 is 107 Å². The van der Waals surface area contributed by atoms with Crippen LogP contribution in [-0.4, -0.2) is 35.1 Å². The molecule has 5 heterocycles. The van der Waals surface area contributed by atoms with Gasteiger partial charge in [0, 0.05) is 40.1 Å². The lowest BCUT2D eigenvalue weighted by Gasteiger charge is -2.39. The Bertz CT molecular complexity index is 4020. The first kappa shape index (κ1) is 39.5. The molecule has 0 amide bonds. The van der Waals surface area contributed by atoms with Crippen molar-refractivity contribution in [2.75, 3.05) is 0 Å². The molecule has 1 aliphatic rings. The van der Waals surface area contributed by atoms with Crippen molar-refractivity contribution in [3.05, 3.63) is 255 Å². The predicted molar refractivity (Wildman–Crippen MR) is 290 cm³/mol. The molecule has 14 rings (SSSR count). The minimum Gasteiger partial charge on any atom is -0.455 e. The number of hydrogen-bond donors (Lipinski definition) is 0. The predicted octanol–water partition coefficient (Wildman–Crippen LogP) is 8.99. The molecule has 0 spiro atoms. The first-order chi connectivity index (χ1) is 34.2. The van der Waals surface area contributed by atoms with Gasteiger partial charge in [-0.2, -0.15) is 0 Å². The number of fused-ring (bicyclic) bond motifs is 12. The van der Waals surface area contributed by atoms with Crippen molar-refractivity contribution in [3.63, 3.8) is 0 Å². The fraction of sp³-hybridized carbons (Fsp3) is 0. The Kier molecular flexibility index (Phi) is 8.86. The number of hydrogen-bond acceptors (Lipinski definition) is 3. The summed E-state index contributed by atoms with van der Waals surface area (Å²) in [4.78, 5) is 10.1. The van der Waals surface area contributed by atoms with Gasteiger partial charge in [-0.1, -0.05) is 206 Å². The van der Waals surface area contributed by atoms with E-state index in [2.05, 4.69) is 246 Å². The quantitative estimate of drug-likeness (QED) is 0.0912. The highest BCUT2D eigenvalue weighted by molar-refractivity contribution is 7.21. The van der Waals surface area contributed by atoms with Crippen LogP contribution in [0.1, 0.15) is 0 Å². The standard InChI is InChI=1S/C62H42N4OSi2/c1-5-19-43(20-6-1)68(44-21-7-2-8-22-44,47-32-34-49-50-27-13-14-28-54(50)65-40-39-64-62(65)53(49)41-47)48-33-35-51-52-36-37-58-61(60(52)66(55(51)42-48)59-31-17-18-38-63-59)67-56-29-15-16-30-57(56)69(58,45-23-9-3-10-24-45)46-25-11-4-12-26-46/h1-42H. The van der Waals surface area contributed by atoms with Crippen LogP contribution in [0, 0.1) is 0 Å². The van der Waals surface area contributed by atoms with Gasteiger partial charge in [0.05, 0.1) is 16.6 Å². The lowest BCUT2D eigenvalue weighted by molar-refractivity contribution is 0.491. The molecule has 0 atom stereocenters. The van der Waals surface area contributed by atoms with Gasteiger partial charge in [0.15, 0.2) is 21.9 Å². The van der Waals surface area contributed by atoms with Crippen LogP contribution in [0.4, 0.5) is 0 Å². The second-order valence-electron chi connectivity index (χ2n) is 18.1. The fourth-order valence-corrected chi connectivity index (χ4v) is 21.6. The van der Waals surface area contributed by atoms with Gasteiger partial charge in [0.25, 0.3) is 0 Å². The molecule has 13 aromatic rings. The molecule has 69 heavy (non-hydrogen) atoms. The van der Waals surface area contributed by atoms with Crippen LogP contribution < -0.4 is 46.2 Å². The smallest absolute Gasteiger partial charge is 0.188 e. The van der Waals surface area contributed by atoms with E-state index in [1.54, 1.807) is 0 Å². The lowest BCUT2D eigenvalue weighted by Crippen LogP contribution is -2.76. The first-order valence-corrected chi connectivity index (χ1v) is 27.6. The highest BCUT2D eigenvalue weighted by Gasteiger charge is 2.49. The average molecular weight is 915 g/mol. The summed E-state index contributed by atoms with van der Waals surface area (Å²) in [7, 11) is -6.08. The van der Waals surface area contributed by atoms with Gasteiger partial charge in [-0.3, -0.25) is 8.97 Å². The molecule has 324 valence electrons. The lowest BCUT2D eigenvalue weighted by atomic mass is 10.1. The molecule has 4 aromatic heterocycles. The van der Waals surface area contributed by atoms with Crippen LogP contribution in [0.2, 0.25) is 0 Å². The Morgan fingerprint density at radius 2 is 1.00 bits per heavy atom. The maximum Gasteiger partial charge on any atom is 0.188 e. The summed E-state index contributed by atoms with van der Waals surface area (Å²) in [5.74, 6) is 2.61. The Morgan fingerprint density at radius 1 is 0.406 bits per heavy atom. The van der Waals surface area contributed by atoms with Gasteiger partial charge in [-0.25, -0.2) is 9.97 Å². The minimum absolute atomic E-state index is 0.836. The number of rotatable bonds is 7. The Balaban J connectivity index is 1.11. The Labute approximate surface area is 400 Å². The number of ether oxygens (including phenoxy) is 1. The van der Waals surface area contributed by atoms with Gasteiger partial charge in [0.2, 0.25) is 0 Å². The molecule has 0 N–H and O–H groups in total. The van der Waals surface area contributed by atoms with E-state index in [4.69, 9.17) is 14.7 Å². The van der Waals surface area contributed by atoms with Crippen molar-refractivity contribution in [3.8, 4) is 17.3 Å². The zero-order valence-electron chi connectivity index (χ0n) is 37.4. The summed E-state index contributed by atoms with van der Waals surface area (Å²) in [6.45, 7) is 0. The molecule has 0 saturated heterocycles. The maximum absolute atomic E-state index is 7.37. The van der Waals surface area contributed by atoms with Crippen LogP contribution in [0.5, 0.6) is 11.5 Å². The van der Waals surface area contributed by atoms with Gasteiger partial charge in [-0.15, -0.1) is 0 Å². The average Bonchev–Trinajstić information content (AvgIpc) is 4.06. The second-order valence-corrected chi connectivity index (χ2v) is 25.6. The number of pyridine rings is 2. The topological polar surface area (TPSA) is 44.4 Å². The number of nitrogens with zero attached hydrogens (tertiary/aromatic N) is 4. The SMILES string of the molecule is c1ccc([Si](c2ccccc2)(c2ccc3c4ccccc4n4ccnc4c3c2)c2ccc3c4ccc5c(c4n(-c4ccccn4)c3c2)Oc2ccccc2[Si]5(c2ccccc2)c2ccccc2)cc1. The summed E-state index contributed by atoms with van der Waals surface area (Å²) in [6.07, 6.45) is 5.91. The molecular weight excluding hydrogens is 873 g/mol. The molecule has 0 radical (unpaired) electrons. The van der Waals surface area contributed by atoms with Crippen molar-refractivity contribution in [1.82, 2.24) is 18.9 Å². The van der Waals surface area contributed by atoms with Crippen LogP contribution >= 0.6 is 0 Å². The van der Waals surface area contributed by atoms with Gasteiger partial charge >= 0.3 is 0 Å². The zero-order chi connectivity index (χ0) is 45.5. The summed E-state index contributed by atoms with van der Waals surface area (Å²) in [5, 5.41) is 16.0. The minimum atomic E-state index is -3.12. The van der Waals surface area contributed by atoms with Gasteiger partial charge in [-0.05, 0) is 77.2 Å². The highest BCUT2D eigenvalue weighted by Crippen LogP contribution is 2.41. The van der Waals surface area contributed by atoms with Crippen molar-refractivity contribution in [1.29, 1.82) is 0 Å². The van der Waals surface area contributed by atoms with Crippen molar-refractivity contribution < 1.29 is 4.74 Å². The van der Waals surface area contributed by atoms with Crippen molar-refractivity contribution in [2.45, 2.75) is 0 Å². The molecule has 0 saturated carbocycles. The monoisotopic (exact) mass is 914 g/mol. The van der Waals surface area contributed by atoms with E-state index >= 15 is 0 Å². The van der Waals surface area contributed by atoms with Crippen LogP contribution in [0.3, 0.4) is 0 Å². The summed E-state index contributed by atoms with van der Waals surface area (Å²) < 4.78 is 12.0. The Hall–Kier alpha value is -8.63. The first-order valence-electron chi connectivity index (χ1n) is 23.6. The molecule has 0 bridgehead atoms. The normalized spacial score (nSPS) is 13.2. The number of aromatic nitrogens is 4. The molecule has 7 heteroatoms. The van der Waals surface area contributed by atoms with Crippen LogP contribution in [0.15, 0.2) is 255 Å². The molecule has 5 nitrogen and oxygen atoms in total. The third kappa shape index (κ3) is 5.63. The second kappa shape index (κ2) is 15.5. The van der Waals surface area contributed by atoms with E-state index in [1.165, 1.54) is 52.3 Å². The third-order valence-electron chi connectivity index (χ3n) is 14.7. The third-order valence-corrected chi connectivity index (χ3v) is 24.3. The Morgan fingerprint density at radius 3 is 1.71 bits per heavy atom. The number of imidazole rings is 1. The molecule has 9 aromatic carbocycles. The highest BCUT2D eigenvalue weighted by atomic mass is 28.3. The summed E-state index contributed by atoms with van der Waals surface area (Å²) in [5.41, 5.74) is 4.20. The van der Waals surface area contributed by atoms with Gasteiger partial charge in [0.1, 0.15) is 17.2 Å². The zero-order valence-corrected chi connectivity index (χ0v) is 39.4. The molecule has 0 unspecified atom stereocenters. The molecule has 0 fully saturated rings.